The second-order valence-corrected chi connectivity index (χ2v) is 6.89. The number of carbonyl (C=O) groups excluding carboxylic acids is 1. The molecule has 1 aromatic heterocycles. The van der Waals surface area contributed by atoms with Crippen LogP contribution in [0.25, 0.3) is 0 Å². The molecule has 5 heteroatoms. The second-order valence-electron chi connectivity index (χ2n) is 6.89. The zero-order valence-electron chi connectivity index (χ0n) is 15.1. The molecule has 1 saturated heterocycles. The monoisotopic (exact) mass is 339 g/mol. The number of anilines is 1. The highest BCUT2D eigenvalue weighted by Gasteiger charge is 2.25. The molecule has 0 radical (unpaired) electrons. The normalized spacial score (nSPS) is 15.2. The number of benzene rings is 1. The Hall–Kier alpha value is -2.56. The van der Waals surface area contributed by atoms with Gasteiger partial charge in [-0.2, -0.15) is 0 Å². The lowest BCUT2D eigenvalue weighted by molar-refractivity contribution is 0.194. The summed E-state index contributed by atoms with van der Waals surface area (Å²) < 4.78 is 1.46. The third-order valence-electron chi connectivity index (χ3n) is 5.02. The van der Waals surface area contributed by atoms with Gasteiger partial charge in [0.05, 0.1) is 0 Å². The first kappa shape index (κ1) is 17.3. The Kier molecular flexibility index (Phi) is 4.93. The van der Waals surface area contributed by atoms with E-state index in [1.54, 1.807) is 30.3 Å². The largest absolute Gasteiger partial charge is 0.324 e. The number of piperidine rings is 1. The summed E-state index contributed by atoms with van der Waals surface area (Å²) in [5, 5.41) is 2.75. The second kappa shape index (κ2) is 7.13. The van der Waals surface area contributed by atoms with Gasteiger partial charge < -0.3 is 14.8 Å². The van der Waals surface area contributed by atoms with Crippen LogP contribution in [-0.2, 0) is 7.05 Å². The van der Waals surface area contributed by atoms with Crippen LogP contribution in [0.2, 0.25) is 0 Å². The van der Waals surface area contributed by atoms with Gasteiger partial charge in [-0.05, 0) is 55.9 Å². The fourth-order valence-electron chi connectivity index (χ4n) is 3.48. The van der Waals surface area contributed by atoms with Gasteiger partial charge >= 0.3 is 6.03 Å². The summed E-state index contributed by atoms with van der Waals surface area (Å²) in [6.45, 7) is 5.68. The minimum atomic E-state index is -0.193. The third kappa shape index (κ3) is 3.76. The van der Waals surface area contributed by atoms with Crippen LogP contribution in [0.3, 0.4) is 0 Å². The number of hydrogen-bond donors (Lipinski definition) is 1. The van der Waals surface area contributed by atoms with E-state index in [1.165, 1.54) is 21.3 Å². The Balaban J connectivity index is 1.64. The molecule has 2 amide bonds. The Morgan fingerprint density at radius 3 is 2.60 bits per heavy atom. The highest BCUT2D eigenvalue weighted by Crippen LogP contribution is 2.31. The maximum atomic E-state index is 12.5. The van der Waals surface area contributed by atoms with Gasteiger partial charge in [-0.15, -0.1) is 0 Å². The summed E-state index contributed by atoms with van der Waals surface area (Å²) in [6, 6.07) is 9.79. The van der Waals surface area contributed by atoms with E-state index in [2.05, 4.69) is 37.4 Å². The zero-order chi connectivity index (χ0) is 18.0. The predicted molar refractivity (Wildman–Crippen MR) is 100 cm³/mol. The molecule has 1 fully saturated rings. The maximum absolute atomic E-state index is 12.5. The van der Waals surface area contributed by atoms with Gasteiger partial charge in [0.1, 0.15) is 5.69 Å². The molecule has 0 atom stereocenters. The van der Waals surface area contributed by atoms with Gasteiger partial charge in [-0.3, -0.25) is 4.79 Å². The molecule has 132 valence electrons. The molecule has 25 heavy (non-hydrogen) atoms. The standard InChI is InChI=1S/C20H25N3O2/c1-14-6-7-15(2)17(13-14)16-8-11-23(12-9-16)20(25)21-18-5-4-10-22(3)19(18)24/h4-7,10,13,16H,8-9,11-12H2,1-3H3,(H,21,25). The Morgan fingerprint density at radius 1 is 1.16 bits per heavy atom. The first-order valence-corrected chi connectivity index (χ1v) is 8.74. The van der Waals surface area contributed by atoms with Gasteiger partial charge in [0.15, 0.2) is 0 Å². The van der Waals surface area contributed by atoms with Crippen molar-refractivity contribution in [3.63, 3.8) is 0 Å². The van der Waals surface area contributed by atoms with Gasteiger partial charge in [0.25, 0.3) is 5.56 Å². The molecular weight excluding hydrogens is 314 g/mol. The fraction of sp³-hybridized carbons (Fsp3) is 0.400. The summed E-state index contributed by atoms with van der Waals surface area (Å²) in [7, 11) is 1.67. The number of rotatable bonds is 2. The fourth-order valence-corrected chi connectivity index (χ4v) is 3.48. The molecule has 0 spiro atoms. The summed E-state index contributed by atoms with van der Waals surface area (Å²) >= 11 is 0. The lowest BCUT2D eigenvalue weighted by Gasteiger charge is -2.33. The minimum Gasteiger partial charge on any atom is -0.324 e. The van der Waals surface area contributed by atoms with Crippen LogP contribution in [0, 0.1) is 13.8 Å². The van der Waals surface area contributed by atoms with Gasteiger partial charge in [-0.1, -0.05) is 23.8 Å². The van der Waals surface area contributed by atoms with E-state index in [4.69, 9.17) is 0 Å². The molecule has 2 heterocycles. The van der Waals surface area contributed by atoms with E-state index in [0.717, 1.165) is 12.8 Å². The Morgan fingerprint density at radius 2 is 1.88 bits per heavy atom. The summed E-state index contributed by atoms with van der Waals surface area (Å²) in [5.41, 5.74) is 4.13. The number of urea groups is 1. The summed E-state index contributed by atoms with van der Waals surface area (Å²) in [5.74, 6) is 0.494. The minimum absolute atomic E-state index is 0.192. The topological polar surface area (TPSA) is 54.3 Å². The SMILES string of the molecule is Cc1ccc(C)c(C2CCN(C(=O)Nc3cccn(C)c3=O)CC2)c1. The lowest BCUT2D eigenvalue weighted by atomic mass is 9.86. The number of aromatic nitrogens is 1. The smallest absolute Gasteiger partial charge is 0.321 e. The van der Waals surface area contributed by atoms with Crippen molar-refractivity contribution in [3.8, 4) is 0 Å². The molecule has 2 aromatic rings. The number of hydrogen-bond acceptors (Lipinski definition) is 2. The van der Waals surface area contributed by atoms with Crippen molar-refractivity contribution >= 4 is 11.7 Å². The Bertz CT molecular complexity index is 833. The molecule has 0 saturated carbocycles. The first-order valence-electron chi connectivity index (χ1n) is 8.74. The number of nitrogens with zero attached hydrogens (tertiary/aromatic N) is 2. The van der Waals surface area contributed by atoms with Crippen LogP contribution >= 0.6 is 0 Å². The first-order chi connectivity index (χ1) is 12.0. The van der Waals surface area contributed by atoms with Crippen LogP contribution in [0.1, 0.15) is 35.4 Å². The zero-order valence-corrected chi connectivity index (χ0v) is 15.1. The number of aryl methyl sites for hydroxylation is 3. The van der Waals surface area contributed by atoms with Crippen molar-refractivity contribution < 1.29 is 4.79 Å². The summed E-state index contributed by atoms with van der Waals surface area (Å²) in [4.78, 5) is 26.3. The number of amides is 2. The quantitative estimate of drug-likeness (QED) is 0.911. The molecule has 0 unspecified atom stereocenters. The molecule has 0 aliphatic carbocycles. The maximum Gasteiger partial charge on any atom is 0.321 e. The van der Waals surface area contributed by atoms with Crippen LogP contribution in [0.4, 0.5) is 10.5 Å². The van der Waals surface area contributed by atoms with Crippen molar-refractivity contribution in [2.75, 3.05) is 18.4 Å². The highest BCUT2D eigenvalue weighted by molar-refractivity contribution is 5.89. The average molecular weight is 339 g/mol. The summed E-state index contributed by atoms with van der Waals surface area (Å²) in [6.07, 6.45) is 3.57. The van der Waals surface area contributed by atoms with Crippen LogP contribution in [0.5, 0.6) is 0 Å². The molecule has 0 bridgehead atoms. The number of pyridine rings is 1. The molecule has 1 aromatic carbocycles. The van der Waals surface area contributed by atoms with E-state index < -0.39 is 0 Å². The van der Waals surface area contributed by atoms with Gasteiger partial charge in [0.2, 0.25) is 0 Å². The predicted octanol–water partition coefficient (Wildman–Crippen LogP) is 3.41. The number of likely N-dealkylation sites (tertiary alicyclic amines) is 1. The number of carbonyl (C=O) groups is 1. The highest BCUT2D eigenvalue weighted by atomic mass is 16.2. The number of nitrogens with one attached hydrogen (secondary N) is 1. The van der Waals surface area contributed by atoms with E-state index in [9.17, 15) is 9.59 Å². The van der Waals surface area contributed by atoms with Crippen LogP contribution < -0.4 is 10.9 Å². The van der Waals surface area contributed by atoms with Gasteiger partial charge in [0, 0.05) is 26.3 Å². The van der Waals surface area contributed by atoms with Crippen LogP contribution in [0.15, 0.2) is 41.3 Å². The lowest BCUT2D eigenvalue weighted by Crippen LogP contribution is -2.41. The van der Waals surface area contributed by atoms with Crippen molar-refractivity contribution in [1.29, 1.82) is 0 Å². The Labute approximate surface area is 148 Å². The van der Waals surface area contributed by atoms with Crippen LogP contribution in [-0.4, -0.2) is 28.6 Å². The molecule has 1 aliphatic heterocycles. The molecular formula is C20H25N3O2. The molecule has 3 rings (SSSR count). The van der Waals surface area contributed by atoms with Crippen molar-refractivity contribution in [1.82, 2.24) is 9.47 Å². The van der Waals surface area contributed by atoms with E-state index in [-0.39, 0.29) is 11.6 Å². The third-order valence-corrected chi connectivity index (χ3v) is 5.02. The van der Waals surface area contributed by atoms with Crippen molar-refractivity contribution in [2.24, 2.45) is 7.05 Å². The van der Waals surface area contributed by atoms with E-state index >= 15 is 0 Å². The molecule has 1 N–H and O–H groups in total. The average Bonchev–Trinajstić information content (AvgIpc) is 2.61. The van der Waals surface area contributed by atoms with Crippen molar-refractivity contribution in [3.05, 3.63) is 63.6 Å². The molecule has 1 aliphatic rings. The van der Waals surface area contributed by atoms with Crippen molar-refractivity contribution in [2.45, 2.75) is 32.6 Å². The van der Waals surface area contributed by atoms with E-state index in [0.29, 0.717) is 24.7 Å². The molecule has 5 nitrogen and oxygen atoms in total. The van der Waals surface area contributed by atoms with E-state index in [1.807, 2.05) is 0 Å². The van der Waals surface area contributed by atoms with Gasteiger partial charge in [-0.25, -0.2) is 4.79 Å².